The fraction of sp³-hybridized carbons (Fsp3) is 0.846. The van der Waals surface area contributed by atoms with Crippen molar-refractivity contribution in [2.75, 3.05) is 13.2 Å². The lowest BCUT2D eigenvalue weighted by Crippen LogP contribution is -2.34. The van der Waals surface area contributed by atoms with Gasteiger partial charge in [0.1, 0.15) is 0 Å². The van der Waals surface area contributed by atoms with Crippen LogP contribution in [0.5, 0.6) is 0 Å². The molecule has 0 saturated heterocycles. The monoisotopic (exact) mass is 256 g/mol. The Morgan fingerprint density at radius 3 is 2.56 bits per heavy atom. The third kappa shape index (κ3) is 6.00. The molecule has 5 heteroatoms. The first-order valence-electron chi connectivity index (χ1n) is 6.78. The van der Waals surface area contributed by atoms with E-state index < -0.39 is 0 Å². The lowest BCUT2D eigenvalue weighted by Gasteiger charge is -2.10. The Kier molecular flexibility index (Phi) is 6.72. The standard InChI is InChI=1S/C13H24N2O3/c1-10(2)9-18-15-12(16)7-8-14-13(17)11-5-3-4-6-11/h10-11H,3-9H2,1-2H3,(H,14,17)(H,15,16). The fourth-order valence-corrected chi connectivity index (χ4v) is 1.97. The zero-order valence-corrected chi connectivity index (χ0v) is 11.3. The lowest BCUT2D eigenvalue weighted by molar-refractivity contribution is -0.134. The summed E-state index contributed by atoms with van der Waals surface area (Å²) in [5, 5.41) is 2.80. The summed E-state index contributed by atoms with van der Waals surface area (Å²) in [6, 6.07) is 0. The van der Waals surface area contributed by atoms with Crippen LogP contribution in [0.25, 0.3) is 0 Å². The Morgan fingerprint density at radius 1 is 1.28 bits per heavy atom. The van der Waals surface area contributed by atoms with Crippen LogP contribution >= 0.6 is 0 Å². The van der Waals surface area contributed by atoms with Crippen LogP contribution < -0.4 is 10.8 Å². The normalized spacial score (nSPS) is 15.9. The van der Waals surface area contributed by atoms with Gasteiger partial charge in [0.15, 0.2) is 0 Å². The second-order valence-electron chi connectivity index (χ2n) is 5.25. The zero-order valence-electron chi connectivity index (χ0n) is 11.3. The van der Waals surface area contributed by atoms with Gasteiger partial charge in [-0.2, -0.15) is 0 Å². The summed E-state index contributed by atoms with van der Waals surface area (Å²) < 4.78 is 0. The van der Waals surface area contributed by atoms with Crippen LogP contribution in [0.2, 0.25) is 0 Å². The Balaban J connectivity index is 2.02. The van der Waals surface area contributed by atoms with Crippen molar-refractivity contribution >= 4 is 11.8 Å². The highest BCUT2D eigenvalue weighted by atomic mass is 16.6. The molecule has 1 fully saturated rings. The maximum Gasteiger partial charge on any atom is 0.245 e. The molecule has 18 heavy (non-hydrogen) atoms. The minimum absolute atomic E-state index is 0.0865. The van der Waals surface area contributed by atoms with Gasteiger partial charge < -0.3 is 5.32 Å². The quantitative estimate of drug-likeness (QED) is 0.676. The van der Waals surface area contributed by atoms with Gasteiger partial charge in [-0.15, -0.1) is 0 Å². The van der Waals surface area contributed by atoms with Crippen LogP contribution in [0.3, 0.4) is 0 Å². The van der Waals surface area contributed by atoms with Gasteiger partial charge in [0, 0.05) is 18.9 Å². The number of amides is 2. The van der Waals surface area contributed by atoms with Crippen LogP contribution in [-0.4, -0.2) is 25.0 Å². The first-order valence-corrected chi connectivity index (χ1v) is 6.78. The van der Waals surface area contributed by atoms with Gasteiger partial charge in [-0.1, -0.05) is 26.7 Å². The molecule has 1 aliphatic carbocycles. The third-order valence-corrected chi connectivity index (χ3v) is 2.98. The van der Waals surface area contributed by atoms with Crippen molar-refractivity contribution in [2.45, 2.75) is 46.0 Å². The number of rotatable bonds is 7. The van der Waals surface area contributed by atoms with E-state index in [1.165, 1.54) is 0 Å². The van der Waals surface area contributed by atoms with E-state index in [-0.39, 0.29) is 24.2 Å². The predicted molar refractivity (Wildman–Crippen MR) is 68.5 cm³/mol. The second-order valence-corrected chi connectivity index (χ2v) is 5.25. The molecule has 1 saturated carbocycles. The SMILES string of the molecule is CC(C)CONC(=O)CCNC(=O)C1CCCC1. The minimum Gasteiger partial charge on any atom is -0.355 e. The Bertz CT molecular complexity index is 273. The van der Waals surface area contributed by atoms with Gasteiger partial charge in [0.25, 0.3) is 0 Å². The van der Waals surface area contributed by atoms with E-state index in [0.717, 1.165) is 25.7 Å². The topological polar surface area (TPSA) is 67.4 Å². The molecule has 0 aromatic rings. The summed E-state index contributed by atoms with van der Waals surface area (Å²) in [6.07, 6.45) is 4.50. The lowest BCUT2D eigenvalue weighted by atomic mass is 10.1. The molecule has 0 atom stereocenters. The van der Waals surface area contributed by atoms with E-state index >= 15 is 0 Å². The van der Waals surface area contributed by atoms with Crippen LogP contribution in [-0.2, 0) is 14.4 Å². The maximum atomic E-state index is 11.7. The largest absolute Gasteiger partial charge is 0.355 e. The zero-order chi connectivity index (χ0) is 13.4. The van der Waals surface area contributed by atoms with Gasteiger partial charge in [-0.25, -0.2) is 5.48 Å². The van der Waals surface area contributed by atoms with Crippen molar-refractivity contribution in [3.05, 3.63) is 0 Å². The van der Waals surface area contributed by atoms with Crippen LogP contribution in [0.1, 0.15) is 46.0 Å². The Labute approximate surface area is 109 Å². The molecule has 0 spiro atoms. The van der Waals surface area contributed by atoms with Gasteiger partial charge in [-0.3, -0.25) is 14.4 Å². The molecule has 104 valence electrons. The van der Waals surface area contributed by atoms with E-state index in [4.69, 9.17) is 4.84 Å². The molecule has 2 amide bonds. The number of nitrogens with one attached hydrogen (secondary N) is 2. The summed E-state index contributed by atoms with van der Waals surface area (Å²) in [5.74, 6) is 0.434. The van der Waals surface area contributed by atoms with Crippen LogP contribution in [0.4, 0.5) is 0 Å². The number of carbonyl (C=O) groups excluding carboxylic acids is 2. The molecule has 1 aliphatic rings. The highest BCUT2D eigenvalue weighted by molar-refractivity contribution is 5.80. The molecule has 0 bridgehead atoms. The van der Waals surface area contributed by atoms with Crippen molar-refractivity contribution in [3.63, 3.8) is 0 Å². The van der Waals surface area contributed by atoms with Gasteiger partial charge in [0.05, 0.1) is 6.61 Å². The minimum atomic E-state index is -0.192. The smallest absolute Gasteiger partial charge is 0.245 e. The van der Waals surface area contributed by atoms with Crippen molar-refractivity contribution in [2.24, 2.45) is 11.8 Å². The second kappa shape index (κ2) is 8.08. The van der Waals surface area contributed by atoms with Crippen molar-refractivity contribution < 1.29 is 14.4 Å². The molecular weight excluding hydrogens is 232 g/mol. The summed E-state index contributed by atoms with van der Waals surface area (Å²) >= 11 is 0. The summed E-state index contributed by atoms with van der Waals surface area (Å²) in [7, 11) is 0. The van der Waals surface area contributed by atoms with Crippen molar-refractivity contribution in [1.29, 1.82) is 0 Å². The molecule has 1 rings (SSSR count). The maximum absolute atomic E-state index is 11.7. The molecule has 0 radical (unpaired) electrons. The van der Waals surface area contributed by atoms with E-state index in [9.17, 15) is 9.59 Å². The molecule has 0 aliphatic heterocycles. The number of hydrogen-bond acceptors (Lipinski definition) is 3. The number of hydroxylamine groups is 1. The molecule has 0 aromatic heterocycles. The average Bonchev–Trinajstić information content (AvgIpc) is 2.81. The van der Waals surface area contributed by atoms with E-state index in [1.54, 1.807) is 0 Å². The molecule has 0 aromatic carbocycles. The highest BCUT2D eigenvalue weighted by Gasteiger charge is 2.22. The van der Waals surface area contributed by atoms with Crippen molar-refractivity contribution in [3.8, 4) is 0 Å². The van der Waals surface area contributed by atoms with Gasteiger partial charge in [0.2, 0.25) is 11.8 Å². The molecule has 2 N–H and O–H groups in total. The number of carbonyl (C=O) groups is 2. The molecule has 0 unspecified atom stereocenters. The van der Waals surface area contributed by atoms with E-state index in [0.29, 0.717) is 19.1 Å². The van der Waals surface area contributed by atoms with Crippen LogP contribution in [0, 0.1) is 11.8 Å². The van der Waals surface area contributed by atoms with Crippen molar-refractivity contribution in [1.82, 2.24) is 10.8 Å². The first-order chi connectivity index (χ1) is 8.59. The summed E-state index contributed by atoms with van der Waals surface area (Å²) in [4.78, 5) is 28.0. The Morgan fingerprint density at radius 2 is 1.94 bits per heavy atom. The summed E-state index contributed by atoms with van der Waals surface area (Å²) in [5.41, 5.74) is 2.37. The Hall–Kier alpha value is -1.10. The number of hydrogen-bond donors (Lipinski definition) is 2. The fourth-order valence-electron chi connectivity index (χ4n) is 1.97. The molecular formula is C13H24N2O3. The summed E-state index contributed by atoms with van der Waals surface area (Å²) in [6.45, 7) is 4.90. The first kappa shape index (κ1) is 15.0. The van der Waals surface area contributed by atoms with Gasteiger partial charge in [-0.05, 0) is 18.8 Å². The van der Waals surface area contributed by atoms with E-state index in [1.807, 2.05) is 13.8 Å². The van der Waals surface area contributed by atoms with Gasteiger partial charge >= 0.3 is 0 Å². The molecule has 5 nitrogen and oxygen atoms in total. The third-order valence-electron chi connectivity index (χ3n) is 2.98. The van der Waals surface area contributed by atoms with E-state index in [2.05, 4.69) is 10.8 Å². The average molecular weight is 256 g/mol. The molecule has 0 heterocycles. The van der Waals surface area contributed by atoms with Crippen LogP contribution in [0.15, 0.2) is 0 Å². The predicted octanol–water partition coefficient (Wildman–Crippen LogP) is 1.39. The highest BCUT2D eigenvalue weighted by Crippen LogP contribution is 2.24.